The van der Waals surface area contributed by atoms with Crippen LogP contribution >= 0.6 is 15.9 Å². The Balaban J connectivity index is 2.64. The van der Waals surface area contributed by atoms with Crippen molar-refractivity contribution in [2.45, 2.75) is 13.5 Å². The van der Waals surface area contributed by atoms with Crippen molar-refractivity contribution in [1.82, 2.24) is 9.78 Å². The lowest BCUT2D eigenvalue weighted by molar-refractivity contribution is -0.131. The number of carbonyl (C=O) groups is 1. The maximum absolute atomic E-state index is 10.3. The predicted octanol–water partition coefficient (Wildman–Crippen LogP) is 1.68. The molecule has 0 aromatic carbocycles. The molecule has 1 rings (SSSR count). The van der Waals surface area contributed by atoms with Gasteiger partial charge in [-0.25, -0.2) is 4.79 Å². The van der Waals surface area contributed by atoms with Gasteiger partial charge in [-0.2, -0.15) is 5.10 Å². The Hall–Kier alpha value is -1.10. The van der Waals surface area contributed by atoms with Crippen LogP contribution in [0.5, 0.6) is 0 Å². The third kappa shape index (κ3) is 3.42. The molecule has 5 heteroatoms. The van der Waals surface area contributed by atoms with E-state index in [0.717, 1.165) is 10.0 Å². The monoisotopic (exact) mass is 244 g/mol. The maximum Gasteiger partial charge on any atom is 0.328 e. The molecule has 0 bridgehead atoms. The Morgan fingerprint density at radius 1 is 1.85 bits per heavy atom. The van der Waals surface area contributed by atoms with Gasteiger partial charge in [-0.1, -0.05) is 0 Å². The van der Waals surface area contributed by atoms with Crippen molar-refractivity contribution < 1.29 is 9.90 Å². The first-order chi connectivity index (χ1) is 6.08. The number of hydrogen-bond donors (Lipinski definition) is 1. The zero-order valence-corrected chi connectivity index (χ0v) is 8.65. The fourth-order valence-corrected chi connectivity index (χ4v) is 1.26. The van der Waals surface area contributed by atoms with E-state index in [9.17, 15) is 4.79 Å². The standard InChI is InChI=1S/C8H9BrN2O2/c1-6(2-8(12)13)4-11-5-7(9)3-10-11/h2-3,5H,4H2,1H3,(H,12,13). The second-order valence-electron chi connectivity index (χ2n) is 2.69. The van der Waals surface area contributed by atoms with Crippen LogP contribution in [0.1, 0.15) is 6.92 Å². The molecular formula is C8H9BrN2O2. The molecule has 1 aromatic heterocycles. The van der Waals surface area contributed by atoms with Crippen LogP contribution in [-0.2, 0) is 11.3 Å². The highest BCUT2D eigenvalue weighted by molar-refractivity contribution is 9.10. The van der Waals surface area contributed by atoms with Crippen molar-refractivity contribution in [3.63, 3.8) is 0 Å². The number of allylic oxidation sites excluding steroid dienone is 1. The lowest BCUT2D eigenvalue weighted by Gasteiger charge is -1.99. The van der Waals surface area contributed by atoms with E-state index in [1.54, 1.807) is 24.0 Å². The van der Waals surface area contributed by atoms with Gasteiger partial charge in [0.05, 0.1) is 17.2 Å². The van der Waals surface area contributed by atoms with Crippen LogP contribution < -0.4 is 0 Å². The summed E-state index contributed by atoms with van der Waals surface area (Å²) in [5.41, 5.74) is 0.753. The van der Waals surface area contributed by atoms with Gasteiger partial charge in [0.25, 0.3) is 0 Å². The van der Waals surface area contributed by atoms with Crippen molar-refractivity contribution >= 4 is 21.9 Å². The Labute approximate surface area is 84.0 Å². The molecule has 0 amide bonds. The molecule has 1 N–H and O–H groups in total. The van der Waals surface area contributed by atoms with Gasteiger partial charge in [0.2, 0.25) is 0 Å². The number of carboxylic acid groups (broad SMARTS) is 1. The summed E-state index contributed by atoms with van der Waals surface area (Å²) in [6.45, 7) is 2.25. The van der Waals surface area contributed by atoms with Crippen molar-refractivity contribution in [2.75, 3.05) is 0 Å². The molecule has 0 atom stereocenters. The number of nitrogens with zero attached hydrogens (tertiary/aromatic N) is 2. The average molecular weight is 245 g/mol. The van der Waals surface area contributed by atoms with Gasteiger partial charge in [0.1, 0.15) is 0 Å². The molecule has 0 radical (unpaired) electrons. The first-order valence-corrected chi connectivity index (χ1v) is 4.45. The minimum absolute atomic E-state index is 0.498. The molecule has 0 fully saturated rings. The highest BCUT2D eigenvalue weighted by Crippen LogP contribution is 2.07. The van der Waals surface area contributed by atoms with E-state index in [1.165, 1.54) is 6.08 Å². The van der Waals surface area contributed by atoms with Gasteiger partial charge in [0.15, 0.2) is 0 Å². The van der Waals surface area contributed by atoms with Crippen molar-refractivity contribution in [3.05, 3.63) is 28.5 Å². The number of rotatable bonds is 3. The number of aromatic nitrogens is 2. The first kappa shape index (κ1) is 9.98. The number of hydrogen-bond acceptors (Lipinski definition) is 2. The lowest BCUT2D eigenvalue weighted by atomic mass is 10.3. The molecule has 0 unspecified atom stereocenters. The van der Waals surface area contributed by atoms with E-state index in [-0.39, 0.29) is 0 Å². The van der Waals surface area contributed by atoms with Crippen LogP contribution in [-0.4, -0.2) is 20.9 Å². The lowest BCUT2D eigenvalue weighted by Crippen LogP contribution is -2.01. The molecule has 1 aromatic rings. The van der Waals surface area contributed by atoms with Crippen LogP contribution in [0.15, 0.2) is 28.5 Å². The van der Waals surface area contributed by atoms with E-state index >= 15 is 0 Å². The fraction of sp³-hybridized carbons (Fsp3) is 0.250. The highest BCUT2D eigenvalue weighted by Gasteiger charge is 1.97. The summed E-state index contributed by atoms with van der Waals surface area (Å²) in [4.78, 5) is 10.3. The number of halogens is 1. The van der Waals surface area contributed by atoms with Crippen molar-refractivity contribution in [1.29, 1.82) is 0 Å². The summed E-state index contributed by atoms with van der Waals surface area (Å²) >= 11 is 3.25. The zero-order chi connectivity index (χ0) is 9.84. The van der Waals surface area contributed by atoms with Crippen molar-refractivity contribution in [2.24, 2.45) is 0 Å². The molecule has 4 nitrogen and oxygen atoms in total. The van der Waals surface area contributed by atoms with E-state index in [2.05, 4.69) is 21.0 Å². The fourth-order valence-electron chi connectivity index (χ4n) is 0.937. The normalized spacial score (nSPS) is 11.7. The Kier molecular flexibility index (Phi) is 3.25. The Bertz CT molecular complexity index is 344. The second kappa shape index (κ2) is 4.23. The van der Waals surface area contributed by atoms with Gasteiger partial charge in [0, 0.05) is 12.3 Å². The molecule has 0 aliphatic carbocycles. The molecule has 70 valence electrons. The van der Waals surface area contributed by atoms with Gasteiger partial charge in [-0.3, -0.25) is 4.68 Å². The number of aliphatic carboxylic acids is 1. The van der Waals surface area contributed by atoms with Crippen molar-refractivity contribution in [3.8, 4) is 0 Å². The second-order valence-corrected chi connectivity index (χ2v) is 3.60. The minimum atomic E-state index is -0.927. The van der Waals surface area contributed by atoms with Crippen LogP contribution in [0.2, 0.25) is 0 Å². The average Bonchev–Trinajstić information content (AvgIpc) is 2.33. The number of carboxylic acids is 1. The Morgan fingerprint density at radius 2 is 2.54 bits per heavy atom. The van der Waals surface area contributed by atoms with E-state index in [0.29, 0.717) is 6.54 Å². The van der Waals surface area contributed by atoms with E-state index in [4.69, 9.17) is 5.11 Å². The summed E-state index contributed by atoms with van der Waals surface area (Å²) in [7, 11) is 0. The van der Waals surface area contributed by atoms with Gasteiger partial charge < -0.3 is 5.11 Å². The molecule has 0 saturated carbocycles. The van der Waals surface area contributed by atoms with E-state index in [1.807, 2.05) is 0 Å². The summed E-state index contributed by atoms with van der Waals surface area (Å²) in [6, 6.07) is 0. The van der Waals surface area contributed by atoms with Crippen LogP contribution in [0.3, 0.4) is 0 Å². The minimum Gasteiger partial charge on any atom is -0.478 e. The first-order valence-electron chi connectivity index (χ1n) is 3.66. The molecule has 1 heterocycles. The Morgan fingerprint density at radius 3 is 3.00 bits per heavy atom. The summed E-state index contributed by atoms with van der Waals surface area (Å²) in [6.07, 6.45) is 4.63. The third-order valence-corrected chi connectivity index (χ3v) is 1.79. The topological polar surface area (TPSA) is 55.1 Å². The summed E-state index contributed by atoms with van der Waals surface area (Å²) in [5, 5.41) is 12.5. The maximum atomic E-state index is 10.3. The predicted molar refractivity (Wildman–Crippen MR) is 51.3 cm³/mol. The van der Waals surface area contributed by atoms with Gasteiger partial charge in [-0.05, 0) is 28.4 Å². The molecule has 13 heavy (non-hydrogen) atoms. The quantitative estimate of drug-likeness (QED) is 0.824. The molecule has 0 spiro atoms. The molecule has 0 aliphatic rings. The summed E-state index contributed by atoms with van der Waals surface area (Å²) < 4.78 is 2.55. The molecule has 0 aliphatic heterocycles. The van der Waals surface area contributed by atoms with E-state index < -0.39 is 5.97 Å². The van der Waals surface area contributed by atoms with Crippen LogP contribution in [0.25, 0.3) is 0 Å². The SMILES string of the molecule is CC(=CC(=O)O)Cn1cc(Br)cn1. The summed E-state index contributed by atoms with van der Waals surface area (Å²) in [5.74, 6) is -0.927. The van der Waals surface area contributed by atoms with Crippen LogP contribution in [0.4, 0.5) is 0 Å². The molecular weight excluding hydrogens is 236 g/mol. The molecule has 0 saturated heterocycles. The third-order valence-electron chi connectivity index (χ3n) is 1.38. The van der Waals surface area contributed by atoms with Gasteiger partial charge in [-0.15, -0.1) is 0 Å². The van der Waals surface area contributed by atoms with Crippen LogP contribution in [0, 0.1) is 0 Å². The highest BCUT2D eigenvalue weighted by atomic mass is 79.9. The largest absolute Gasteiger partial charge is 0.478 e. The van der Waals surface area contributed by atoms with Gasteiger partial charge >= 0.3 is 5.97 Å². The smallest absolute Gasteiger partial charge is 0.328 e. The zero-order valence-electron chi connectivity index (χ0n) is 7.07.